The van der Waals surface area contributed by atoms with Gasteiger partial charge in [0.2, 0.25) is 11.8 Å². The Balaban J connectivity index is 1.98. The van der Waals surface area contributed by atoms with Gasteiger partial charge in [-0.3, -0.25) is 9.59 Å². The van der Waals surface area contributed by atoms with Crippen LogP contribution < -0.4 is 5.32 Å². The fourth-order valence-corrected chi connectivity index (χ4v) is 3.78. The average Bonchev–Trinajstić information content (AvgIpc) is 3.13. The molecule has 1 atom stereocenters. The molecule has 0 aromatic rings. The predicted octanol–water partition coefficient (Wildman–Crippen LogP) is 1.61. The number of carbonyl (C=O) groups is 2. The quantitative estimate of drug-likeness (QED) is 0.786. The molecule has 3 fully saturated rings. The van der Waals surface area contributed by atoms with E-state index in [1.54, 1.807) is 6.08 Å². The number of amides is 2. The highest BCUT2D eigenvalue weighted by atomic mass is 16.2. The van der Waals surface area contributed by atoms with Gasteiger partial charge in [0.25, 0.3) is 0 Å². The minimum Gasteiger partial charge on any atom is -0.340 e. The lowest BCUT2D eigenvalue weighted by Gasteiger charge is -2.50. The second-order valence-corrected chi connectivity index (χ2v) is 6.37. The molecule has 4 nitrogen and oxygen atoms in total. The second kappa shape index (κ2) is 4.09. The van der Waals surface area contributed by atoms with Crippen LogP contribution in [-0.2, 0) is 9.59 Å². The van der Waals surface area contributed by atoms with E-state index in [0.717, 1.165) is 38.5 Å². The fraction of sp³-hybridized carbons (Fsp3) is 0.733. The summed E-state index contributed by atoms with van der Waals surface area (Å²) < 4.78 is 0. The van der Waals surface area contributed by atoms with Gasteiger partial charge in [-0.25, -0.2) is 0 Å². The number of nitrogens with one attached hydrogen (secondary N) is 1. The summed E-state index contributed by atoms with van der Waals surface area (Å²) in [5.74, 6) is 0.465. The van der Waals surface area contributed by atoms with Crippen molar-refractivity contribution in [3.05, 3.63) is 12.7 Å². The molecule has 3 rings (SSSR count). The third-order valence-electron chi connectivity index (χ3n) is 5.14. The van der Waals surface area contributed by atoms with Gasteiger partial charge < -0.3 is 10.2 Å². The standard InChI is InChI=1S/C15H22N2O2/c1-3-10-17-13(19)14(2,11-6-7-11)16-12(18)15(17)8-4-5-9-15/h3,11H,1,4-10H2,2H3,(H,16,18). The highest BCUT2D eigenvalue weighted by Gasteiger charge is 2.61. The third-order valence-corrected chi connectivity index (χ3v) is 5.14. The van der Waals surface area contributed by atoms with Crippen LogP contribution in [0.3, 0.4) is 0 Å². The van der Waals surface area contributed by atoms with Crippen molar-refractivity contribution in [2.24, 2.45) is 5.92 Å². The zero-order chi connectivity index (χ0) is 13.7. The summed E-state index contributed by atoms with van der Waals surface area (Å²) in [6.45, 7) is 6.12. The van der Waals surface area contributed by atoms with Crippen molar-refractivity contribution in [2.45, 2.75) is 56.5 Å². The van der Waals surface area contributed by atoms with E-state index in [0.29, 0.717) is 12.5 Å². The Morgan fingerprint density at radius 2 is 2.00 bits per heavy atom. The van der Waals surface area contributed by atoms with Crippen LogP contribution in [-0.4, -0.2) is 34.3 Å². The van der Waals surface area contributed by atoms with Gasteiger partial charge in [0.15, 0.2) is 0 Å². The van der Waals surface area contributed by atoms with Gasteiger partial charge in [-0.15, -0.1) is 6.58 Å². The summed E-state index contributed by atoms with van der Waals surface area (Å²) in [4.78, 5) is 27.4. The summed E-state index contributed by atoms with van der Waals surface area (Å²) in [5, 5.41) is 3.06. The average molecular weight is 262 g/mol. The van der Waals surface area contributed by atoms with Crippen LogP contribution in [0.2, 0.25) is 0 Å². The molecule has 2 saturated carbocycles. The third kappa shape index (κ3) is 1.65. The Morgan fingerprint density at radius 1 is 1.37 bits per heavy atom. The van der Waals surface area contributed by atoms with Crippen LogP contribution in [0.4, 0.5) is 0 Å². The van der Waals surface area contributed by atoms with Gasteiger partial charge in [-0.2, -0.15) is 0 Å². The highest BCUT2D eigenvalue weighted by molar-refractivity contribution is 6.02. The molecule has 4 heteroatoms. The first-order valence-corrected chi connectivity index (χ1v) is 7.30. The summed E-state index contributed by atoms with van der Waals surface area (Å²) >= 11 is 0. The SMILES string of the molecule is C=CCN1C(=O)C(C)(C2CC2)NC(=O)C12CCCC2. The van der Waals surface area contributed by atoms with Crippen molar-refractivity contribution in [3.63, 3.8) is 0 Å². The first kappa shape index (κ1) is 12.7. The van der Waals surface area contributed by atoms with Crippen LogP contribution in [0.25, 0.3) is 0 Å². The molecule has 1 saturated heterocycles. The molecule has 1 N–H and O–H groups in total. The number of hydrogen-bond acceptors (Lipinski definition) is 2. The predicted molar refractivity (Wildman–Crippen MR) is 72.4 cm³/mol. The Kier molecular flexibility index (Phi) is 2.73. The Labute approximate surface area is 114 Å². The van der Waals surface area contributed by atoms with E-state index >= 15 is 0 Å². The van der Waals surface area contributed by atoms with Crippen LogP contribution in [0, 0.1) is 5.92 Å². The van der Waals surface area contributed by atoms with Crippen LogP contribution in [0.15, 0.2) is 12.7 Å². The normalized spacial score (nSPS) is 33.6. The molecular weight excluding hydrogens is 240 g/mol. The molecule has 1 unspecified atom stereocenters. The number of rotatable bonds is 3. The summed E-state index contributed by atoms with van der Waals surface area (Å²) in [5.41, 5.74) is -1.28. The monoisotopic (exact) mass is 262 g/mol. The van der Waals surface area contributed by atoms with E-state index in [-0.39, 0.29) is 11.8 Å². The number of nitrogens with zero attached hydrogens (tertiary/aromatic N) is 1. The van der Waals surface area contributed by atoms with Crippen molar-refractivity contribution in [3.8, 4) is 0 Å². The molecule has 2 amide bonds. The second-order valence-electron chi connectivity index (χ2n) is 6.37. The summed E-state index contributed by atoms with van der Waals surface area (Å²) in [6.07, 6.45) is 7.44. The Hall–Kier alpha value is -1.32. The van der Waals surface area contributed by atoms with Crippen LogP contribution in [0.5, 0.6) is 0 Å². The lowest BCUT2D eigenvalue weighted by atomic mass is 9.82. The molecule has 3 aliphatic rings. The Bertz CT molecular complexity index is 435. The first-order valence-electron chi connectivity index (χ1n) is 7.30. The molecular formula is C15H22N2O2. The van der Waals surface area contributed by atoms with Gasteiger partial charge in [0, 0.05) is 6.54 Å². The number of hydrogen-bond donors (Lipinski definition) is 1. The van der Waals surface area contributed by atoms with Crippen LogP contribution >= 0.6 is 0 Å². The van der Waals surface area contributed by atoms with Gasteiger partial charge in [0.05, 0.1) is 0 Å². The molecule has 1 spiro atoms. The zero-order valence-corrected chi connectivity index (χ0v) is 11.6. The number of piperazine rings is 1. The minimum absolute atomic E-state index is 0.0563. The molecule has 104 valence electrons. The minimum atomic E-state index is -0.687. The molecule has 0 aromatic heterocycles. The van der Waals surface area contributed by atoms with E-state index in [9.17, 15) is 9.59 Å². The van der Waals surface area contributed by atoms with Crippen molar-refractivity contribution < 1.29 is 9.59 Å². The highest BCUT2D eigenvalue weighted by Crippen LogP contribution is 2.46. The van der Waals surface area contributed by atoms with Crippen LogP contribution in [0.1, 0.15) is 45.4 Å². The fourth-order valence-electron chi connectivity index (χ4n) is 3.78. The van der Waals surface area contributed by atoms with E-state index in [1.807, 2.05) is 11.8 Å². The van der Waals surface area contributed by atoms with Crippen molar-refractivity contribution in [1.29, 1.82) is 0 Å². The maximum atomic E-state index is 12.9. The van der Waals surface area contributed by atoms with E-state index in [1.165, 1.54) is 0 Å². The van der Waals surface area contributed by atoms with E-state index in [4.69, 9.17) is 0 Å². The van der Waals surface area contributed by atoms with E-state index in [2.05, 4.69) is 11.9 Å². The largest absolute Gasteiger partial charge is 0.340 e. The van der Waals surface area contributed by atoms with Crippen molar-refractivity contribution >= 4 is 11.8 Å². The van der Waals surface area contributed by atoms with Gasteiger partial charge in [0.1, 0.15) is 11.1 Å². The maximum Gasteiger partial charge on any atom is 0.249 e. The first-order chi connectivity index (χ1) is 9.04. The summed E-state index contributed by atoms with van der Waals surface area (Å²) in [6, 6.07) is 0. The lowest BCUT2D eigenvalue weighted by molar-refractivity contribution is -0.162. The summed E-state index contributed by atoms with van der Waals surface area (Å²) in [7, 11) is 0. The molecule has 0 bridgehead atoms. The van der Waals surface area contributed by atoms with Gasteiger partial charge >= 0.3 is 0 Å². The molecule has 2 aliphatic carbocycles. The lowest BCUT2D eigenvalue weighted by Crippen LogP contribution is -2.75. The molecule has 19 heavy (non-hydrogen) atoms. The molecule has 0 radical (unpaired) electrons. The molecule has 0 aromatic carbocycles. The Morgan fingerprint density at radius 3 is 2.53 bits per heavy atom. The molecule has 1 heterocycles. The topological polar surface area (TPSA) is 49.4 Å². The maximum absolute atomic E-state index is 12.9. The van der Waals surface area contributed by atoms with Gasteiger partial charge in [-0.1, -0.05) is 18.9 Å². The van der Waals surface area contributed by atoms with Crippen molar-refractivity contribution in [2.75, 3.05) is 6.54 Å². The smallest absolute Gasteiger partial charge is 0.249 e. The number of carbonyl (C=O) groups excluding carboxylic acids is 2. The van der Waals surface area contributed by atoms with Gasteiger partial charge in [-0.05, 0) is 38.5 Å². The zero-order valence-electron chi connectivity index (χ0n) is 11.6. The molecule has 1 aliphatic heterocycles. The van der Waals surface area contributed by atoms with E-state index < -0.39 is 11.1 Å². The van der Waals surface area contributed by atoms with Crippen molar-refractivity contribution in [1.82, 2.24) is 10.2 Å².